The van der Waals surface area contributed by atoms with Crippen LogP contribution in [0.2, 0.25) is 0 Å². The molecule has 0 aliphatic carbocycles. The molecule has 0 aliphatic rings. The molecule has 9 heteroatoms. The monoisotopic (exact) mass is 271 g/mol. The first-order valence-electron chi connectivity index (χ1n) is 4.72. The van der Waals surface area contributed by atoms with Crippen LogP contribution in [0.4, 0.5) is 5.69 Å². The molecule has 8 nitrogen and oxygen atoms in total. The first kappa shape index (κ1) is 12.2. The Hall–Kier alpha value is -2.29. The van der Waals surface area contributed by atoms with Crippen molar-refractivity contribution in [3.8, 4) is 0 Å². The second-order valence-corrected chi connectivity index (χ2v) is 5.18. The number of hydrogen-bond donors (Lipinski definition) is 2. The van der Waals surface area contributed by atoms with E-state index in [9.17, 15) is 13.2 Å². The van der Waals surface area contributed by atoms with E-state index in [1.54, 1.807) is 0 Å². The summed E-state index contributed by atoms with van der Waals surface area (Å²) in [4.78, 5) is 10.7. The maximum atomic E-state index is 11.9. The van der Waals surface area contributed by atoms with Crippen molar-refractivity contribution in [1.82, 2.24) is 9.72 Å². The summed E-state index contributed by atoms with van der Waals surface area (Å²) in [6.45, 7) is 0. The molecule has 0 spiro atoms. The quantitative estimate of drug-likeness (QED) is 0.837. The predicted octanol–water partition coefficient (Wildman–Crippen LogP) is 0.512. The second kappa shape index (κ2) is 4.18. The van der Waals surface area contributed by atoms with Crippen molar-refractivity contribution in [2.24, 2.45) is 7.05 Å². The van der Waals surface area contributed by atoms with Crippen molar-refractivity contribution in [3.63, 3.8) is 0 Å². The van der Waals surface area contributed by atoms with Crippen LogP contribution in [0.3, 0.4) is 0 Å². The number of aromatic nitrogens is 2. The average Bonchev–Trinajstić information content (AvgIpc) is 2.86. The summed E-state index contributed by atoms with van der Waals surface area (Å²) in [5.74, 6) is -1.20. The van der Waals surface area contributed by atoms with Gasteiger partial charge in [0, 0.05) is 13.2 Å². The number of carboxylic acids is 1. The van der Waals surface area contributed by atoms with Gasteiger partial charge in [0.15, 0.2) is 0 Å². The van der Waals surface area contributed by atoms with Gasteiger partial charge in [0.05, 0.1) is 6.20 Å². The van der Waals surface area contributed by atoms with E-state index in [-0.39, 0.29) is 16.3 Å². The number of sulfonamides is 1. The molecule has 2 rings (SSSR count). The number of aromatic carboxylic acids is 1. The lowest BCUT2D eigenvalue weighted by Crippen LogP contribution is -2.11. The molecular formula is C9H9N3O5S. The van der Waals surface area contributed by atoms with Crippen LogP contribution in [0.15, 0.2) is 34.1 Å². The zero-order chi connectivity index (χ0) is 13.3. The molecule has 0 unspecified atom stereocenters. The number of nitrogens with one attached hydrogen (secondary N) is 1. The Kier molecular flexibility index (Phi) is 2.83. The molecular weight excluding hydrogens is 262 g/mol. The lowest BCUT2D eigenvalue weighted by Gasteiger charge is -2.01. The number of carbonyl (C=O) groups is 1. The Bertz CT molecular complexity index is 671. The number of aryl methyl sites for hydroxylation is 1. The van der Waals surface area contributed by atoms with Crippen LogP contribution in [0.1, 0.15) is 10.5 Å². The van der Waals surface area contributed by atoms with Gasteiger partial charge < -0.3 is 14.2 Å². The summed E-state index contributed by atoms with van der Waals surface area (Å²) in [5, 5.41) is 12.2. The van der Waals surface area contributed by atoms with Crippen molar-refractivity contribution in [1.29, 1.82) is 0 Å². The van der Waals surface area contributed by atoms with E-state index in [4.69, 9.17) is 5.11 Å². The van der Waals surface area contributed by atoms with Gasteiger partial charge in [-0.3, -0.25) is 4.72 Å². The van der Waals surface area contributed by atoms with Crippen molar-refractivity contribution in [3.05, 3.63) is 30.4 Å². The summed E-state index contributed by atoms with van der Waals surface area (Å²) in [6.07, 6.45) is 3.52. The zero-order valence-corrected chi connectivity index (χ0v) is 10.0. The van der Waals surface area contributed by atoms with E-state index in [0.717, 1.165) is 12.3 Å². The van der Waals surface area contributed by atoms with Crippen LogP contribution in [-0.4, -0.2) is 29.2 Å². The summed E-state index contributed by atoms with van der Waals surface area (Å²) in [7, 11) is -2.41. The third-order valence-electron chi connectivity index (χ3n) is 2.19. The van der Waals surface area contributed by atoms with Gasteiger partial charge in [-0.1, -0.05) is 5.16 Å². The minimum Gasteiger partial charge on any atom is -0.477 e. The molecule has 2 aromatic rings. The van der Waals surface area contributed by atoms with Gasteiger partial charge in [-0.25, -0.2) is 13.2 Å². The van der Waals surface area contributed by atoms with E-state index >= 15 is 0 Å². The number of anilines is 1. The number of hydrogen-bond acceptors (Lipinski definition) is 5. The van der Waals surface area contributed by atoms with Crippen molar-refractivity contribution < 1.29 is 22.8 Å². The number of nitrogens with zero attached hydrogens (tertiary/aromatic N) is 2. The molecule has 0 saturated carbocycles. The topological polar surface area (TPSA) is 114 Å². The Morgan fingerprint density at radius 1 is 1.56 bits per heavy atom. The number of rotatable bonds is 4. The smallest absolute Gasteiger partial charge is 0.352 e. The van der Waals surface area contributed by atoms with E-state index < -0.39 is 16.0 Å². The molecule has 2 aromatic heterocycles. The van der Waals surface area contributed by atoms with Gasteiger partial charge in [0.25, 0.3) is 10.0 Å². The minimum absolute atomic E-state index is 0.124. The normalized spacial score (nSPS) is 11.4. The Labute approximate surface area is 102 Å². The summed E-state index contributed by atoms with van der Waals surface area (Å²) in [5.41, 5.74) is 0.0384. The van der Waals surface area contributed by atoms with Crippen LogP contribution in [0.5, 0.6) is 0 Å². The minimum atomic E-state index is -3.85. The van der Waals surface area contributed by atoms with Crippen LogP contribution >= 0.6 is 0 Å². The van der Waals surface area contributed by atoms with E-state index in [1.165, 1.54) is 24.0 Å². The first-order chi connectivity index (χ1) is 8.40. The highest BCUT2D eigenvalue weighted by molar-refractivity contribution is 7.92. The summed E-state index contributed by atoms with van der Waals surface area (Å²) in [6, 6.07) is 1.07. The molecule has 18 heavy (non-hydrogen) atoms. The first-order valence-corrected chi connectivity index (χ1v) is 6.20. The standard InChI is InChI=1S/C9H9N3O5S/c1-12-4-7(2-8(12)9(13)14)18(15,16)11-6-3-10-17-5-6/h2-5,11H,1H3,(H,13,14). The fraction of sp³-hybridized carbons (Fsp3) is 0.111. The largest absolute Gasteiger partial charge is 0.477 e. The van der Waals surface area contributed by atoms with E-state index in [1.807, 2.05) is 0 Å². The van der Waals surface area contributed by atoms with Gasteiger partial charge in [-0.05, 0) is 6.07 Å². The van der Waals surface area contributed by atoms with Gasteiger partial charge in [0.2, 0.25) is 0 Å². The third-order valence-corrected chi connectivity index (χ3v) is 3.54. The molecule has 0 saturated heterocycles. The molecule has 2 N–H and O–H groups in total. The van der Waals surface area contributed by atoms with Gasteiger partial charge >= 0.3 is 5.97 Å². The third kappa shape index (κ3) is 2.20. The summed E-state index contributed by atoms with van der Waals surface area (Å²) >= 11 is 0. The molecule has 0 amide bonds. The van der Waals surface area contributed by atoms with Gasteiger partial charge in [-0.15, -0.1) is 0 Å². The van der Waals surface area contributed by atoms with Crippen molar-refractivity contribution >= 4 is 21.7 Å². The highest BCUT2D eigenvalue weighted by Crippen LogP contribution is 2.17. The Morgan fingerprint density at radius 3 is 2.78 bits per heavy atom. The molecule has 2 heterocycles. The van der Waals surface area contributed by atoms with Crippen LogP contribution < -0.4 is 4.72 Å². The molecule has 0 fully saturated rings. The predicted molar refractivity (Wildman–Crippen MR) is 59.7 cm³/mol. The molecule has 0 atom stereocenters. The van der Waals surface area contributed by atoms with E-state index in [2.05, 4.69) is 14.4 Å². The number of carboxylic acid groups (broad SMARTS) is 1. The Balaban J connectivity index is 2.36. The SMILES string of the molecule is Cn1cc(S(=O)(=O)Nc2cnoc2)cc1C(=O)O. The lowest BCUT2D eigenvalue weighted by molar-refractivity contribution is 0.0686. The zero-order valence-electron chi connectivity index (χ0n) is 9.19. The molecule has 0 bridgehead atoms. The second-order valence-electron chi connectivity index (χ2n) is 3.50. The highest BCUT2D eigenvalue weighted by Gasteiger charge is 2.20. The van der Waals surface area contributed by atoms with Crippen LogP contribution in [-0.2, 0) is 17.1 Å². The molecule has 0 radical (unpaired) electrons. The van der Waals surface area contributed by atoms with Crippen molar-refractivity contribution in [2.45, 2.75) is 4.90 Å². The fourth-order valence-corrected chi connectivity index (χ4v) is 2.46. The van der Waals surface area contributed by atoms with Crippen molar-refractivity contribution in [2.75, 3.05) is 4.72 Å². The van der Waals surface area contributed by atoms with E-state index in [0.29, 0.717) is 0 Å². The summed E-state index contributed by atoms with van der Waals surface area (Å²) < 4.78 is 31.7. The Morgan fingerprint density at radius 2 is 2.28 bits per heavy atom. The van der Waals surface area contributed by atoms with Gasteiger partial charge in [0.1, 0.15) is 22.5 Å². The molecule has 0 aromatic carbocycles. The maximum absolute atomic E-state index is 11.9. The van der Waals surface area contributed by atoms with Gasteiger partial charge in [-0.2, -0.15) is 0 Å². The van der Waals surface area contributed by atoms with Crippen LogP contribution in [0.25, 0.3) is 0 Å². The molecule has 0 aliphatic heterocycles. The van der Waals surface area contributed by atoms with Crippen LogP contribution in [0, 0.1) is 0 Å². The fourth-order valence-electron chi connectivity index (χ4n) is 1.36. The molecule has 96 valence electrons. The lowest BCUT2D eigenvalue weighted by atomic mass is 10.4. The maximum Gasteiger partial charge on any atom is 0.352 e. The highest BCUT2D eigenvalue weighted by atomic mass is 32.2. The average molecular weight is 271 g/mol.